The molecule has 0 saturated carbocycles. The van der Waals surface area contributed by atoms with Crippen LogP contribution in [0.1, 0.15) is 181 Å². The molecule has 0 aromatic carbocycles. The quantitative estimate of drug-likeness (QED) is 0.0213. The van der Waals surface area contributed by atoms with E-state index in [0.717, 1.165) is 57.8 Å². The summed E-state index contributed by atoms with van der Waals surface area (Å²) in [4.78, 5) is 35.4. The molecule has 0 aromatic rings. The van der Waals surface area contributed by atoms with Crippen molar-refractivity contribution in [3.8, 4) is 0 Å². The van der Waals surface area contributed by atoms with Gasteiger partial charge in [-0.3, -0.25) is 18.6 Å². The molecule has 0 radical (unpaired) electrons. The summed E-state index contributed by atoms with van der Waals surface area (Å²) in [6.07, 6.45) is 48.4. The Morgan fingerprint density at radius 3 is 1.52 bits per heavy atom. The van der Waals surface area contributed by atoms with E-state index < -0.39 is 32.5 Å². The van der Waals surface area contributed by atoms with Gasteiger partial charge in [0.15, 0.2) is 6.10 Å². The van der Waals surface area contributed by atoms with Crippen molar-refractivity contribution in [3.63, 3.8) is 0 Å². The summed E-state index contributed by atoms with van der Waals surface area (Å²) in [6, 6.07) is 0. The predicted octanol–water partition coefficient (Wildman–Crippen LogP) is 13.2. The first-order chi connectivity index (χ1) is 28.0. The van der Waals surface area contributed by atoms with Crippen molar-refractivity contribution in [2.24, 2.45) is 0 Å². The molecule has 0 rings (SSSR count). The van der Waals surface area contributed by atoms with Crippen LogP contribution in [0.4, 0.5) is 0 Å². The van der Waals surface area contributed by atoms with Gasteiger partial charge in [-0.15, -0.1) is 0 Å². The van der Waals surface area contributed by atoms with Crippen LogP contribution in [0.2, 0.25) is 0 Å². The summed E-state index contributed by atoms with van der Waals surface area (Å²) in [5.41, 5.74) is 0. The first kappa shape index (κ1) is 55.7. The highest BCUT2D eigenvalue weighted by molar-refractivity contribution is 7.47. The monoisotopic (exact) mass is 837 g/mol. The maximum absolute atomic E-state index is 12.7. The van der Waals surface area contributed by atoms with Crippen LogP contribution in [-0.4, -0.2) is 74.9 Å². The zero-order valence-corrected chi connectivity index (χ0v) is 38.7. The standard InChI is InChI=1S/C48H86NO8P/c1-6-8-10-12-14-16-18-20-22-23-24-25-27-29-31-33-35-37-39-41-48(51)57-46(45-56-58(52,53)55-43-42-49(3,4)5)44-54-47(50)40-38-36-34-32-30-28-26-21-19-17-15-13-11-9-7-2/h9,11,15,17,20-22,26,30,32,46H,6-8,10,12-14,16,18-19,23-25,27-29,31,33-45H2,1-5H3/p+1/b11-9+,17-15+,22-20+,26-21+,32-30+/t46-/m1/s1. The Labute approximate surface area is 356 Å². The van der Waals surface area contributed by atoms with Crippen molar-refractivity contribution in [3.05, 3.63) is 60.8 Å². The SMILES string of the molecule is CC/C=C/C/C=C/C/C=C/C/C=C/CCCCC(=O)OC[C@H](COP(=O)(O)OCC[N+](C)(C)C)OC(=O)CCCCCCCCCCC/C=C/CCCCCCCC. The van der Waals surface area contributed by atoms with Crippen LogP contribution < -0.4 is 0 Å². The molecule has 0 aliphatic rings. The van der Waals surface area contributed by atoms with E-state index in [1.165, 1.54) is 83.5 Å². The van der Waals surface area contributed by atoms with Crippen molar-refractivity contribution in [1.82, 2.24) is 0 Å². The van der Waals surface area contributed by atoms with Crippen LogP contribution >= 0.6 is 7.82 Å². The van der Waals surface area contributed by atoms with E-state index in [0.29, 0.717) is 23.9 Å². The van der Waals surface area contributed by atoms with Gasteiger partial charge in [0.25, 0.3) is 0 Å². The van der Waals surface area contributed by atoms with Gasteiger partial charge < -0.3 is 18.9 Å². The molecule has 0 fully saturated rings. The number of hydrogen-bond donors (Lipinski definition) is 1. The van der Waals surface area contributed by atoms with Gasteiger partial charge in [0.2, 0.25) is 0 Å². The average Bonchev–Trinajstić information content (AvgIpc) is 3.17. The number of unbranched alkanes of at least 4 members (excludes halogenated alkanes) is 17. The lowest BCUT2D eigenvalue weighted by Gasteiger charge is -2.24. The van der Waals surface area contributed by atoms with Crippen molar-refractivity contribution in [2.75, 3.05) is 47.5 Å². The van der Waals surface area contributed by atoms with Gasteiger partial charge in [0.05, 0.1) is 27.7 Å². The first-order valence-electron chi connectivity index (χ1n) is 23.0. The molecule has 0 spiro atoms. The molecule has 0 aliphatic carbocycles. The average molecular weight is 837 g/mol. The molecular formula is C48H87NO8P+. The number of ether oxygens (including phenoxy) is 2. The van der Waals surface area contributed by atoms with E-state index in [-0.39, 0.29) is 26.1 Å². The Morgan fingerprint density at radius 2 is 0.983 bits per heavy atom. The minimum atomic E-state index is -4.39. The summed E-state index contributed by atoms with van der Waals surface area (Å²) in [6.45, 7) is 4.25. The molecule has 336 valence electrons. The van der Waals surface area contributed by atoms with E-state index in [1.54, 1.807) is 0 Å². The minimum absolute atomic E-state index is 0.0224. The number of nitrogens with zero attached hydrogens (tertiary/aromatic N) is 1. The maximum Gasteiger partial charge on any atom is 0.472 e. The minimum Gasteiger partial charge on any atom is -0.462 e. The number of allylic oxidation sites excluding steroid dienone is 10. The molecular weight excluding hydrogens is 750 g/mol. The molecule has 0 bridgehead atoms. The van der Waals surface area contributed by atoms with Gasteiger partial charge in [-0.2, -0.15) is 0 Å². The summed E-state index contributed by atoms with van der Waals surface area (Å²) in [5.74, 6) is -0.851. The van der Waals surface area contributed by atoms with Crippen molar-refractivity contribution < 1.29 is 42.1 Å². The zero-order chi connectivity index (χ0) is 42.8. The molecule has 2 atom stereocenters. The van der Waals surface area contributed by atoms with Crippen molar-refractivity contribution >= 4 is 19.8 Å². The molecule has 10 heteroatoms. The van der Waals surface area contributed by atoms with E-state index in [9.17, 15) is 19.0 Å². The number of hydrogen-bond acceptors (Lipinski definition) is 7. The molecule has 0 aromatic heterocycles. The van der Waals surface area contributed by atoms with Gasteiger partial charge in [0.1, 0.15) is 19.8 Å². The highest BCUT2D eigenvalue weighted by Crippen LogP contribution is 2.43. The predicted molar refractivity (Wildman–Crippen MR) is 243 cm³/mol. The topological polar surface area (TPSA) is 108 Å². The van der Waals surface area contributed by atoms with Crippen molar-refractivity contribution in [1.29, 1.82) is 0 Å². The fourth-order valence-electron chi connectivity index (χ4n) is 5.94. The zero-order valence-electron chi connectivity index (χ0n) is 37.8. The second kappa shape index (κ2) is 40.1. The van der Waals surface area contributed by atoms with Gasteiger partial charge in [-0.25, -0.2) is 4.57 Å². The van der Waals surface area contributed by atoms with Gasteiger partial charge in [-0.1, -0.05) is 152 Å². The van der Waals surface area contributed by atoms with E-state index in [4.69, 9.17) is 18.5 Å². The van der Waals surface area contributed by atoms with E-state index in [2.05, 4.69) is 74.6 Å². The smallest absolute Gasteiger partial charge is 0.462 e. The summed E-state index contributed by atoms with van der Waals surface area (Å²) in [5, 5.41) is 0. The normalized spacial score (nSPS) is 14.1. The van der Waals surface area contributed by atoms with Crippen LogP contribution in [0.25, 0.3) is 0 Å². The highest BCUT2D eigenvalue weighted by atomic mass is 31.2. The van der Waals surface area contributed by atoms with Crippen LogP contribution in [0.3, 0.4) is 0 Å². The van der Waals surface area contributed by atoms with Gasteiger partial charge >= 0.3 is 19.8 Å². The third kappa shape index (κ3) is 43.3. The summed E-state index contributed by atoms with van der Waals surface area (Å²) < 4.78 is 34.3. The van der Waals surface area contributed by atoms with Crippen LogP contribution in [0.5, 0.6) is 0 Å². The fraction of sp³-hybridized carbons (Fsp3) is 0.750. The molecule has 0 aliphatic heterocycles. The Balaban J connectivity index is 4.38. The molecule has 1 N–H and O–H groups in total. The molecule has 1 unspecified atom stereocenters. The number of phosphoric ester groups is 1. The second-order valence-electron chi connectivity index (χ2n) is 16.4. The largest absolute Gasteiger partial charge is 0.472 e. The first-order valence-corrected chi connectivity index (χ1v) is 24.5. The Kier molecular flexibility index (Phi) is 38.5. The lowest BCUT2D eigenvalue weighted by atomic mass is 10.1. The Morgan fingerprint density at radius 1 is 0.552 bits per heavy atom. The number of likely N-dealkylation sites (N-methyl/N-ethyl adjacent to an activating group) is 1. The third-order valence-corrected chi connectivity index (χ3v) is 10.5. The number of rotatable bonds is 41. The Hall–Kier alpha value is -2.29. The van der Waals surface area contributed by atoms with Crippen LogP contribution in [-0.2, 0) is 32.7 Å². The second-order valence-corrected chi connectivity index (χ2v) is 17.9. The van der Waals surface area contributed by atoms with Crippen LogP contribution in [0.15, 0.2) is 60.8 Å². The third-order valence-electron chi connectivity index (χ3n) is 9.53. The van der Waals surface area contributed by atoms with E-state index in [1.807, 2.05) is 21.1 Å². The number of phosphoric acid groups is 1. The maximum atomic E-state index is 12.7. The van der Waals surface area contributed by atoms with E-state index >= 15 is 0 Å². The molecule has 58 heavy (non-hydrogen) atoms. The molecule has 0 heterocycles. The molecule has 9 nitrogen and oxygen atoms in total. The van der Waals surface area contributed by atoms with Gasteiger partial charge in [-0.05, 0) is 77.0 Å². The molecule has 0 amide bonds. The summed E-state index contributed by atoms with van der Waals surface area (Å²) >= 11 is 0. The number of carbonyl (C=O) groups excluding carboxylic acids is 2. The molecule has 0 saturated heterocycles. The summed E-state index contributed by atoms with van der Waals surface area (Å²) in [7, 11) is 1.45. The van der Waals surface area contributed by atoms with Gasteiger partial charge in [0, 0.05) is 12.8 Å². The number of quaternary nitrogens is 1. The van der Waals surface area contributed by atoms with Crippen LogP contribution in [0, 0.1) is 0 Å². The fourth-order valence-corrected chi connectivity index (χ4v) is 6.68. The lowest BCUT2D eigenvalue weighted by molar-refractivity contribution is -0.870. The Bertz CT molecular complexity index is 1170. The van der Waals surface area contributed by atoms with Crippen molar-refractivity contribution in [2.45, 2.75) is 187 Å². The lowest BCUT2D eigenvalue weighted by Crippen LogP contribution is -2.37. The number of carbonyl (C=O) groups is 2. The number of esters is 2. The highest BCUT2D eigenvalue weighted by Gasteiger charge is 2.27.